The van der Waals surface area contributed by atoms with Crippen LogP contribution in [0.3, 0.4) is 0 Å². The van der Waals surface area contributed by atoms with Crippen LogP contribution in [-0.4, -0.2) is 24.7 Å². The number of halogens is 1. The van der Waals surface area contributed by atoms with Crippen LogP contribution in [0.5, 0.6) is 0 Å². The van der Waals surface area contributed by atoms with Gasteiger partial charge in [0.1, 0.15) is 0 Å². The van der Waals surface area contributed by atoms with Crippen molar-refractivity contribution in [1.82, 2.24) is 0 Å². The molecule has 0 aliphatic heterocycles. The Labute approximate surface area is 111 Å². The molecule has 0 bridgehead atoms. The topological polar surface area (TPSA) is 40.5 Å². The van der Waals surface area contributed by atoms with E-state index >= 15 is 0 Å². The largest absolute Gasteiger partial charge is 0.481 e. The van der Waals surface area contributed by atoms with E-state index in [4.69, 9.17) is 0 Å². The predicted molar refractivity (Wildman–Crippen MR) is 73.4 cm³/mol. The highest BCUT2D eigenvalue weighted by Gasteiger charge is 2.23. The summed E-state index contributed by atoms with van der Waals surface area (Å²) in [5, 5.41) is 9.17. The quantitative estimate of drug-likeness (QED) is 0.907. The number of carboxylic acid groups (broad SMARTS) is 1. The smallest absolute Gasteiger partial charge is 0.308 e. The first-order valence-corrected chi connectivity index (χ1v) is 6.41. The van der Waals surface area contributed by atoms with Crippen LogP contribution in [0.25, 0.3) is 0 Å². The van der Waals surface area contributed by atoms with E-state index in [1.165, 1.54) is 0 Å². The van der Waals surface area contributed by atoms with Gasteiger partial charge in [-0.25, -0.2) is 0 Å². The van der Waals surface area contributed by atoms with E-state index in [0.29, 0.717) is 6.54 Å². The van der Waals surface area contributed by atoms with Gasteiger partial charge in [-0.1, -0.05) is 26.0 Å². The van der Waals surface area contributed by atoms with Crippen LogP contribution >= 0.6 is 15.9 Å². The van der Waals surface area contributed by atoms with Crippen molar-refractivity contribution in [3.63, 3.8) is 0 Å². The van der Waals surface area contributed by atoms with E-state index in [1.807, 2.05) is 50.1 Å². The van der Waals surface area contributed by atoms with Gasteiger partial charge in [0.25, 0.3) is 0 Å². The zero-order valence-electron chi connectivity index (χ0n) is 10.4. The molecule has 0 heterocycles. The van der Waals surface area contributed by atoms with Gasteiger partial charge in [0.05, 0.1) is 11.6 Å². The minimum absolute atomic E-state index is 0.123. The van der Waals surface area contributed by atoms with Gasteiger partial charge in [-0.3, -0.25) is 4.79 Å². The van der Waals surface area contributed by atoms with Crippen LogP contribution in [0.2, 0.25) is 0 Å². The molecule has 0 amide bonds. The van der Waals surface area contributed by atoms with Crippen molar-refractivity contribution in [2.45, 2.75) is 13.8 Å². The summed E-state index contributed by atoms with van der Waals surface area (Å²) in [5.74, 6) is -0.969. The summed E-state index contributed by atoms with van der Waals surface area (Å²) >= 11 is 3.47. The molecule has 0 spiro atoms. The minimum Gasteiger partial charge on any atom is -0.481 e. The van der Waals surface area contributed by atoms with Crippen LogP contribution in [0.4, 0.5) is 5.69 Å². The molecule has 0 saturated carbocycles. The summed E-state index contributed by atoms with van der Waals surface area (Å²) in [5.41, 5.74) is 1.01. The maximum atomic E-state index is 11.2. The van der Waals surface area contributed by atoms with Crippen molar-refractivity contribution >= 4 is 27.6 Å². The first-order valence-electron chi connectivity index (χ1n) is 5.62. The molecular formula is C13H18BrNO2. The third-order valence-electron chi connectivity index (χ3n) is 2.86. The summed E-state index contributed by atoms with van der Waals surface area (Å²) in [6, 6.07) is 7.82. The fourth-order valence-corrected chi connectivity index (χ4v) is 2.32. The number of anilines is 1. The SMILES string of the molecule is CC(C)C(CN(C)c1ccccc1Br)C(=O)O. The standard InChI is InChI=1S/C13H18BrNO2/c1-9(2)10(13(16)17)8-15(3)12-7-5-4-6-11(12)14/h4-7,9-10H,8H2,1-3H3,(H,16,17). The molecule has 1 atom stereocenters. The first kappa shape index (κ1) is 14.0. The number of benzene rings is 1. The number of aliphatic carboxylic acids is 1. The average molecular weight is 300 g/mol. The molecule has 1 aromatic rings. The molecule has 1 rings (SSSR count). The Balaban J connectivity index is 2.81. The lowest BCUT2D eigenvalue weighted by Gasteiger charge is -2.26. The lowest BCUT2D eigenvalue weighted by Crippen LogP contribution is -2.33. The Morgan fingerprint density at radius 3 is 2.47 bits per heavy atom. The predicted octanol–water partition coefficient (Wildman–Crippen LogP) is 3.24. The minimum atomic E-state index is -0.737. The second-order valence-corrected chi connectivity index (χ2v) is 5.38. The molecule has 0 aromatic heterocycles. The Hall–Kier alpha value is -1.03. The van der Waals surface area contributed by atoms with E-state index in [-0.39, 0.29) is 11.8 Å². The number of hydrogen-bond donors (Lipinski definition) is 1. The fourth-order valence-electron chi connectivity index (χ4n) is 1.73. The number of nitrogens with zero attached hydrogens (tertiary/aromatic N) is 1. The van der Waals surface area contributed by atoms with Gasteiger partial charge in [-0.05, 0) is 34.0 Å². The zero-order chi connectivity index (χ0) is 13.0. The van der Waals surface area contributed by atoms with E-state index in [2.05, 4.69) is 15.9 Å². The van der Waals surface area contributed by atoms with Crippen LogP contribution in [0.15, 0.2) is 28.7 Å². The second-order valence-electron chi connectivity index (χ2n) is 4.52. The summed E-state index contributed by atoms with van der Waals surface area (Å²) < 4.78 is 0.982. The van der Waals surface area contributed by atoms with E-state index < -0.39 is 5.97 Å². The molecular weight excluding hydrogens is 282 g/mol. The van der Waals surface area contributed by atoms with Gasteiger partial charge in [0.15, 0.2) is 0 Å². The molecule has 1 unspecified atom stereocenters. The van der Waals surface area contributed by atoms with Crippen molar-refractivity contribution in [1.29, 1.82) is 0 Å². The van der Waals surface area contributed by atoms with Gasteiger partial charge < -0.3 is 10.0 Å². The summed E-state index contributed by atoms with van der Waals surface area (Å²) in [6.45, 7) is 4.38. The summed E-state index contributed by atoms with van der Waals surface area (Å²) in [6.07, 6.45) is 0. The van der Waals surface area contributed by atoms with Crippen molar-refractivity contribution in [2.24, 2.45) is 11.8 Å². The number of para-hydroxylation sites is 1. The van der Waals surface area contributed by atoms with Gasteiger partial charge >= 0.3 is 5.97 Å². The molecule has 94 valence electrons. The molecule has 0 aliphatic carbocycles. The molecule has 0 fully saturated rings. The van der Waals surface area contributed by atoms with E-state index in [0.717, 1.165) is 10.2 Å². The number of carboxylic acids is 1. The monoisotopic (exact) mass is 299 g/mol. The molecule has 3 nitrogen and oxygen atoms in total. The maximum Gasteiger partial charge on any atom is 0.308 e. The Bertz CT molecular complexity index is 393. The number of hydrogen-bond acceptors (Lipinski definition) is 2. The maximum absolute atomic E-state index is 11.2. The molecule has 1 N–H and O–H groups in total. The normalized spacial score (nSPS) is 12.5. The van der Waals surface area contributed by atoms with Crippen molar-refractivity contribution in [2.75, 3.05) is 18.5 Å². The van der Waals surface area contributed by atoms with Crippen LogP contribution in [0, 0.1) is 11.8 Å². The average Bonchev–Trinajstić information content (AvgIpc) is 2.25. The van der Waals surface area contributed by atoms with Crippen molar-refractivity contribution < 1.29 is 9.90 Å². The van der Waals surface area contributed by atoms with E-state index in [9.17, 15) is 9.90 Å². The van der Waals surface area contributed by atoms with E-state index in [1.54, 1.807) is 0 Å². The highest BCUT2D eigenvalue weighted by Crippen LogP contribution is 2.26. The highest BCUT2D eigenvalue weighted by atomic mass is 79.9. The Morgan fingerprint density at radius 2 is 2.00 bits per heavy atom. The molecule has 0 aliphatic rings. The number of rotatable bonds is 5. The summed E-state index contributed by atoms with van der Waals surface area (Å²) in [7, 11) is 1.92. The Morgan fingerprint density at radius 1 is 1.41 bits per heavy atom. The van der Waals surface area contributed by atoms with Crippen LogP contribution in [0.1, 0.15) is 13.8 Å². The first-order chi connectivity index (χ1) is 7.93. The molecule has 0 radical (unpaired) electrons. The third-order valence-corrected chi connectivity index (χ3v) is 3.53. The van der Waals surface area contributed by atoms with Gasteiger partial charge in [0.2, 0.25) is 0 Å². The van der Waals surface area contributed by atoms with Crippen LogP contribution < -0.4 is 4.90 Å². The van der Waals surface area contributed by atoms with Gasteiger partial charge in [-0.2, -0.15) is 0 Å². The van der Waals surface area contributed by atoms with Crippen LogP contribution in [-0.2, 0) is 4.79 Å². The third kappa shape index (κ3) is 3.73. The van der Waals surface area contributed by atoms with Gasteiger partial charge in [-0.15, -0.1) is 0 Å². The van der Waals surface area contributed by atoms with Crippen molar-refractivity contribution in [3.8, 4) is 0 Å². The van der Waals surface area contributed by atoms with Crippen molar-refractivity contribution in [3.05, 3.63) is 28.7 Å². The molecule has 1 aromatic carbocycles. The Kier molecular flexibility index (Phi) is 5.00. The lowest BCUT2D eigenvalue weighted by atomic mass is 9.95. The molecule has 4 heteroatoms. The molecule has 0 saturated heterocycles. The van der Waals surface area contributed by atoms with Gasteiger partial charge in [0, 0.05) is 18.1 Å². The lowest BCUT2D eigenvalue weighted by molar-refractivity contribution is -0.142. The molecule has 17 heavy (non-hydrogen) atoms. The number of carbonyl (C=O) groups is 1. The highest BCUT2D eigenvalue weighted by molar-refractivity contribution is 9.10. The second kappa shape index (κ2) is 6.05. The zero-order valence-corrected chi connectivity index (χ0v) is 11.9. The summed E-state index contributed by atoms with van der Waals surface area (Å²) in [4.78, 5) is 13.1. The fraction of sp³-hybridized carbons (Fsp3) is 0.462.